The number of carbonyl (C=O) groups is 1. The summed E-state index contributed by atoms with van der Waals surface area (Å²) in [5.74, 6) is -0.114. The summed E-state index contributed by atoms with van der Waals surface area (Å²) in [6.45, 7) is 4.87. The van der Waals surface area contributed by atoms with Crippen LogP contribution in [0.25, 0.3) is 0 Å². The number of nitrogens with zero attached hydrogens (tertiary/aromatic N) is 5. The molecular formula is C11H16ClN5O3. The van der Waals surface area contributed by atoms with Crippen LogP contribution in [0.3, 0.4) is 0 Å². The summed E-state index contributed by atoms with van der Waals surface area (Å²) in [6, 6.07) is 0. The fourth-order valence-corrected chi connectivity index (χ4v) is 1.84. The van der Waals surface area contributed by atoms with Gasteiger partial charge < -0.3 is 9.80 Å². The minimum Gasteiger partial charge on any atom is -0.345 e. The molecule has 0 unspecified atom stereocenters. The number of likely N-dealkylation sites (N-methyl/N-ethyl adjacent to an activating group) is 2. The molecule has 0 aliphatic rings. The molecular weight excluding hydrogens is 286 g/mol. The van der Waals surface area contributed by atoms with Crippen molar-refractivity contribution in [2.45, 2.75) is 13.8 Å². The molecule has 0 atom stereocenters. The van der Waals surface area contributed by atoms with Gasteiger partial charge in [0.15, 0.2) is 0 Å². The Morgan fingerprint density at radius 3 is 2.55 bits per heavy atom. The monoisotopic (exact) mass is 301 g/mol. The fourth-order valence-electron chi connectivity index (χ4n) is 1.71. The Morgan fingerprint density at radius 1 is 1.45 bits per heavy atom. The molecule has 9 heteroatoms. The van der Waals surface area contributed by atoms with E-state index in [9.17, 15) is 14.9 Å². The van der Waals surface area contributed by atoms with Crippen molar-refractivity contribution in [2.24, 2.45) is 0 Å². The average molecular weight is 302 g/mol. The fraction of sp³-hybridized carbons (Fsp3) is 0.545. The predicted octanol–water partition coefficient (Wildman–Crippen LogP) is 1.34. The standard InChI is InChI=1S/C11H16ClN5O3/c1-4-16(5-2)9(18)7-15(3)10-8(17(19)20)6-13-11(12)14-10/h6H,4-5,7H2,1-3H3. The van der Waals surface area contributed by atoms with Crippen LogP contribution in [0.4, 0.5) is 11.5 Å². The second kappa shape index (κ2) is 6.99. The van der Waals surface area contributed by atoms with Crippen molar-refractivity contribution in [3.05, 3.63) is 21.6 Å². The lowest BCUT2D eigenvalue weighted by Crippen LogP contribution is -2.39. The van der Waals surface area contributed by atoms with Crippen LogP contribution in [0.2, 0.25) is 5.28 Å². The van der Waals surface area contributed by atoms with E-state index >= 15 is 0 Å². The Hall–Kier alpha value is -1.96. The predicted molar refractivity (Wildman–Crippen MR) is 74.9 cm³/mol. The van der Waals surface area contributed by atoms with Crippen molar-refractivity contribution in [2.75, 3.05) is 31.6 Å². The Labute approximate surface area is 121 Å². The first-order valence-electron chi connectivity index (χ1n) is 6.06. The van der Waals surface area contributed by atoms with Gasteiger partial charge in [0.1, 0.15) is 6.20 Å². The molecule has 1 aromatic heterocycles. The van der Waals surface area contributed by atoms with Gasteiger partial charge in [0, 0.05) is 20.1 Å². The van der Waals surface area contributed by atoms with Gasteiger partial charge >= 0.3 is 5.69 Å². The summed E-state index contributed by atoms with van der Waals surface area (Å²) < 4.78 is 0. The first kappa shape index (κ1) is 16.1. The normalized spacial score (nSPS) is 10.2. The Balaban J connectivity index is 2.97. The lowest BCUT2D eigenvalue weighted by molar-refractivity contribution is -0.384. The molecule has 0 saturated heterocycles. The van der Waals surface area contributed by atoms with E-state index in [2.05, 4.69) is 9.97 Å². The number of anilines is 1. The zero-order chi connectivity index (χ0) is 15.3. The van der Waals surface area contributed by atoms with Gasteiger partial charge in [-0.3, -0.25) is 14.9 Å². The minimum absolute atomic E-state index is 0.0180. The molecule has 0 N–H and O–H groups in total. The second-order valence-electron chi connectivity index (χ2n) is 4.03. The van der Waals surface area contributed by atoms with E-state index < -0.39 is 4.92 Å². The molecule has 1 rings (SSSR count). The van der Waals surface area contributed by atoms with Crippen LogP contribution in [0.5, 0.6) is 0 Å². The third kappa shape index (κ3) is 3.77. The van der Waals surface area contributed by atoms with Crippen molar-refractivity contribution >= 4 is 29.0 Å². The van der Waals surface area contributed by atoms with E-state index in [4.69, 9.17) is 11.6 Å². The summed E-state index contributed by atoms with van der Waals surface area (Å²) in [5, 5.41) is 10.8. The van der Waals surface area contributed by atoms with E-state index in [1.54, 1.807) is 11.9 Å². The molecule has 0 radical (unpaired) electrons. The van der Waals surface area contributed by atoms with Gasteiger partial charge in [-0.15, -0.1) is 0 Å². The van der Waals surface area contributed by atoms with Gasteiger partial charge in [0.05, 0.1) is 11.5 Å². The molecule has 0 bridgehead atoms. The van der Waals surface area contributed by atoms with Gasteiger partial charge in [0.2, 0.25) is 17.0 Å². The smallest absolute Gasteiger partial charge is 0.329 e. The molecule has 20 heavy (non-hydrogen) atoms. The van der Waals surface area contributed by atoms with E-state index in [1.807, 2.05) is 13.8 Å². The number of nitro groups is 1. The van der Waals surface area contributed by atoms with Crippen LogP contribution in [0.1, 0.15) is 13.8 Å². The zero-order valence-corrected chi connectivity index (χ0v) is 12.3. The first-order chi connectivity index (χ1) is 9.40. The van der Waals surface area contributed by atoms with Crippen molar-refractivity contribution in [3.8, 4) is 0 Å². The maximum absolute atomic E-state index is 12.0. The van der Waals surface area contributed by atoms with E-state index in [0.717, 1.165) is 6.20 Å². The van der Waals surface area contributed by atoms with Crippen LogP contribution in [0, 0.1) is 10.1 Å². The Kier molecular flexibility index (Phi) is 5.63. The largest absolute Gasteiger partial charge is 0.345 e. The van der Waals surface area contributed by atoms with Crippen LogP contribution < -0.4 is 4.90 Å². The zero-order valence-electron chi connectivity index (χ0n) is 11.5. The van der Waals surface area contributed by atoms with Crippen molar-refractivity contribution in [1.82, 2.24) is 14.9 Å². The average Bonchev–Trinajstić information content (AvgIpc) is 2.39. The summed E-state index contributed by atoms with van der Waals surface area (Å²) in [5.41, 5.74) is -0.288. The highest BCUT2D eigenvalue weighted by Gasteiger charge is 2.23. The van der Waals surface area contributed by atoms with Gasteiger partial charge in [-0.1, -0.05) is 0 Å². The highest BCUT2D eigenvalue weighted by molar-refractivity contribution is 6.28. The SMILES string of the molecule is CCN(CC)C(=O)CN(C)c1nc(Cl)ncc1[N+](=O)[O-]. The number of aromatic nitrogens is 2. The number of amides is 1. The van der Waals surface area contributed by atoms with Crippen molar-refractivity contribution < 1.29 is 9.72 Å². The third-order valence-corrected chi connectivity index (χ3v) is 2.95. The number of hydrogen-bond acceptors (Lipinski definition) is 6. The number of carbonyl (C=O) groups excluding carboxylic acids is 1. The highest BCUT2D eigenvalue weighted by Crippen LogP contribution is 2.24. The van der Waals surface area contributed by atoms with Crippen LogP contribution >= 0.6 is 11.6 Å². The Bertz CT molecular complexity index is 507. The van der Waals surface area contributed by atoms with E-state index in [0.29, 0.717) is 13.1 Å². The number of hydrogen-bond donors (Lipinski definition) is 0. The van der Waals surface area contributed by atoms with Crippen LogP contribution in [-0.4, -0.2) is 52.4 Å². The van der Waals surface area contributed by atoms with Crippen molar-refractivity contribution in [1.29, 1.82) is 0 Å². The topological polar surface area (TPSA) is 92.5 Å². The molecule has 0 spiro atoms. The molecule has 0 aromatic carbocycles. The molecule has 1 aromatic rings. The van der Waals surface area contributed by atoms with E-state index in [1.165, 1.54) is 4.90 Å². The molecule has 110 valence electrons. The van der Waals surface area contributed by atoms with E-state index in [-0.39, 0.29) is 29.2 Å². The summed E-state index contributed by atoms with van der Waals surface area (Å²) in [7, 11) is 1.55. The van der Waals surface area contributed by atoms with Gasteiger partial charge in [-0.05, 0) is 25.4 Å². The summed E-state index contributed by atoms with van der Waals surface area (Å²) in [6.07, 6.45) is 1.03. The maximum atomic E-state index is 12.0. The molecule has 0 fully saturated rings. The third-order valence-electron chi connectivity index (χ3n) is 2.77. The minimum atomic E-state index is -0.607. The molecule has 1 amide bonds. The molecule has 0 aliphatic heterocycles. The lowest BCUT2D eigenvalue weighted by Gasteiger charge is -2.23. The quantitative estimate of drug-likeness (QED) is 0.447. The van der Waals surface area contributed by atoms with Gasteiger partial charge in [-0.2, -0.15) is 4.98 Å². The first-order valence-corrected chi connectivity index (χ1v) is 6.44. The lowest BCUT2D eigenvalue weighted by atomic mass is 10.4. The number of rotatable bonds is 6. The Morgan fingerprint density at radius 2 is 2.05 bits per heavy atom. The molecule has 1 heterocycles. The van der Waals surface area contributed by atoms with Crippen LogP contribution in [0.15, 0.2) is 6.20 Å². The molecule has 0 aliphatic carbocycles. The second-order valence-corrected chi connectivity index (χ2v) is 4.37. The molecule has 0 saturated carbocycles. The van der Waals surface area contributed by atoms with Crippen LogP contribution in [-0.2, 0) is 4.79 Å². The van der Waals surface area contributed by atoms with Crippen molar-refractivity contribution in [3.63, 3.8) is 0 Å². The maximum Gasteiger partial charge on any atom is 0.329 e. The van der Waals surface area contributed by atoms with Gasteiger partial charge in [0.25, 0.3) is 0 Å². The highest BCUT2D eigenvalue weighted by atomic mass is 35.5. The summed E-state index contributed by atoms with van der Waals surface area (Å²) in [4.78, 5) is 32.7. The van der Waals surface area contributed by atoms with Gasteiger partial charge in [-0.25, -0.2) is 4.98 Å². The molecule has 8 nitrogen and oxygen atoms in total. The summed E-state index contributed by atoms with van der Waals surface area (Å²) >= 11 is 5.65. The number of halogens is 1.